The second-order valence-electron chi connectivity index (χ2n) is 5.94. The van der Waals surface area contributed by atoms with Crippen LogP contribution in [-0.2, 0) is 16.1 Å². The molecule has 0 aromatic heterocycles. The molecule has 0 aliphatic carbocycles. The van der Waals surface area contributed by atoms with E-state index in [4.69, 9.17) is 30.9 Å². The largest absolute Gasteiger partial charge is 0.478 e. The van der Waals surface area contributed by atoms with Gasteiger partial charge in [0.05, 0.1) is 17.2 Å². The van der Waals surface area contributed by atoms with Crippen molar-refractivity contribution < 1.29 is 37.3 Å². The Morgan fingerprint density at radius 2 is 1.93 bits per heavy atom. The molecule has 1 unspecified atom stereocenters. The number of alkyl halides is 3. The van der Waals surface area contributed by atoms with E-state index in [1.54, 1.807) is 31.4 Å². The summed E-state index contributed by atoms with van der Waals surface area (Å²) in [4.78, 5) is 11.2. The number of carboxylic acids is 1. The van der Waals surface area contributed by atoms with Gasteiger partial charge >= 0.3 is 12.1 Å². The maximum Gasteiger partial charge on any atom is 0.430 e. The molecule has 1 heterocycles. The minimum atomic E-state index is -4.89. The summed E-state index contributed by atoms with van der Waals surface area (Å²) in [7, 11) is 1.57. The number of ether oxygens (including phenoxy) is 3. The number of hydrogen-bond donors (Lipinski definition) is 1. The number of aliphatic carboxylic acids is 1. The molecule has 1 N–H and O–H groups in total. The topological polar surface area (TPSA) is 65.0 Å². The van der Waals surface area contributed by atoms with Crippen molar-refractivity contribution in [1.82, 2.24) is 0 Å². The van der Waals surface area contributed by atoms with Crippen LogP contribution in [0.25, 0.3) is 6.08 Å². The number of benzene rings is 2. The maximum atomic E-state index is 13.2. The average molecular weight is 415 g/mol. The standard InChI is InChI=1S/C19H14ClF3O5/c1-26-9-10-2-4-12(5-3-10)27-16-8-15-11(7-14(16)20)6-13(18(24)25)17(28-15)19(21,22)23/h2-8,17H,9H2,1H3,(H,24,25). The monoisotopic (exact) mass is 414 g/mol. The van der Waals surface area contributed by atoms with Crippen LogP contribution in [0.3, 0.4) is 0 Å². The van der Waals surface area contributed by atoms with Crippen LogP contribution >= 0.6 is 11.6 Å². The highest BCUT2D eigenvalue weighted by atomic mass is 35.5. The molecule has 3 rings (SSSR count). The quantitative estimate of drug-likeness (QED) is 0.740. The van der Waals surface area contributed by atoms with Crippen LogP contribution in [0, 0.1) is 0 Å². The van der Waals surface area contributed by atoms with Crippen molar-refractivity contribution in [2.45, 2.75) is 18.9 Å². The van der Waals surface area contributed by atoms with Crippen LogP contribution < -0.4 is 9.47 Å². The molecule has 0 amide bonds. The van der Waals surface area contributed by atoms with Crippen molar-refractivity contribution >= 4 is 23.6 Å². The highest BCUT2D eigenvalue weighted by Crippen LogP contribution is 2.42. The number of methoxy groups -OCH3 is 1. The lowest BCUT2D eigenvalue weighted by molar-refractivity contribution is -0.187. The maximum absolute atomic E-state index is 13.2. The van der Waals surface area contributed by atoms with Crippen molar-refractivity contribution in [3.63, 3.8) is 0 Å². The first-order valence-electron chi connectivity index (χ1n) is 7.96. The fourth-order valence-corrected chi connectivity index (χ4v) is 2.85. The summed E-state index contributed by atoms with van der Waals surface area (Å²) in [5, 5.41) is 9.15. The van der Waals surface area contributed by atoms with Crippen LogP contribution in [-0.4, -0.2) is 30.5 Å². The van der Waals surface area contributed by atoms with Gasteiger partial charge in [-0.3, -0.25) is 0 Å². The van der Waals surface area contributed by atoms with Gasteiger partial charge in [0.15, 0.2) is 0 Å². The van der Waals surface area contributed by atoms with Crippen molar-refractivity contribution in [2.24, 2.45) is 0 Å². The Morgan fingerprint density at radius 3 is 2.50 bits per heavy atom. The molecule has 1 aliphatic heterocycles. The molecule has 0 radical (unpaired) electrons. The smallest absolute Gasteiger partial charge is 0.430 e. The van der Waals surface area contributed by atoms with Crippen LogP contribution in [0.15, 0.2) is 42.0 Å². The molecule has 0 saturated heterocycles. The molecule has 9 heteroatoms. The lowest BCUT2D eigenvalue weighted by Gasteiger charge is -2.27. The fraction of sp³-hybridized carbons (Fsp3) is 0.211. The van der Waals surface area contributed by atoms with E-state index in [-0.39, 0.29) is 22.1 Å². The molecule has 0 bridgehead atoms. The lowest BCUT2D eigenvalue weighted by Crippen LogP contribution is -2.40. The number of fused-ring (bicyclic) bond motifs is 1. The van der Waals surface area contributed by atoms with Crippen LogP contribution in [0.5, 0.6) is 17.2 Å². The normalized spacial score (nSPS) is 16.0. The van der Waals surface area contributed by atoms with Gasteiger partial charge in [-0.25, -0.2) is 4.79 Å². The lowest BCUT2D eigenvalue weighted by atomic mass is 10.0. The molecule has 0 fully saturated rings. The number of carbonyl (C=O) groups is 1. The summed E-state index contributed by atoms with van der Waals surface area (Å²) in [6.45, 7) is 0.421. The summed E-state index contributed by atoms with van der Waals surface area (Å²) in [6.07, 6.45) is -6.58. The van der Waals surface area contributed by atoms with Gasteiger partial charge in [-0.05, 0) is 29.8 Å². The molecular weight excluding hydrogens is 401 g/mol. The molecule has 0 spiro atoms. The van der Waals surface area contributed by atoms with Crippen molar-refractivity contribution in [1.29, 1.82) is 0 Å². The molecular formula is C19H14ClF3O5. The molecule has 28 heavy (non-hydrogen) atoms. The fourth-order valence-electron chi connectivity index (χ4n) is 2.64. The Kier molecular flexibility index (Phi) is 5.53. The van der Waals surface area contributed by atoms with E-state index in [0.717, 1.165) is 11.6 Å². The Labute approximate surface area is 162 Å². The first-order valence-corrected chi connectivity index (χ1v) is 8.34. The number of carboxylic acid groups (broad SMARTS) is 1. The predicted octanol–water partition coefficient (Wildman–Crippen LogP) is 5.07. The van der Waals surface area contributed by atoms with Gasteiger partial charge < -0.3 is 19.3 Å². The molecule has 0 saturated carbocycles. The van der Waals surface area contributed by atoms with Crippen molar-refractivity contribution in [3.8, 4) is 17.2 Å². The SMILES string of the molecule is COCc1ccc(Oc2cc3c(cc2Cl)C=C(C(=O)O)C(C(F)(F)F)O3)cc1. The highest BCUT2D eigenvalue weighted by molar-refractivity contribution is 6.32. The zero-order valence-corrected chi connectivity index (χ0v) is 15.2. The Hall–Kier alpha value is -2.71. The third-order valence-electron chi connectivity index (χ3n) is 3.91. The number of hydrogen-bond acceptors (Lipinski definition) is 4. The van der Waals surface area contributed by atoms with Gasteiger partial charge in [0.2, 0.25) is 6.10 Å². The Morgan fingerprint density at radius 1 is 1.25 bits per heavy atom. The molecule has 1 atom stereocenters. The van der Waals surface area contributed by atoms with Gasteiger partial charge in [0, 0.05) is 18.7 Å². The van der Waals surface area contributed by atoms with Crippen molar-refractivity contribution in [3.05, 3.63) is 58.1 Å². The van der Waals surface area contributed by atoms with E-state index in [2.05, 4.69) is 0 Å². The minimum absolute atomic E-state index is 0.0769. The summed E-state index contributed by atoms with van der Waals surface area (Å²) >= 11 is 6.15. The summed E-state index contributed by atoms with van der Waals surface area (Å²) < 4.78 is 55.1. The Balaban J connectivity index is 1.93. The number of halogens is 4. The molecule has 5 nitrogen and oxygen atoms in total. The first kappa shape index (κ1) is 20.0. The predicted molar refractivity (Wildman–Crippen MR) is 94.8 cm³/mol. The third kappa shape index (κ3) is 4.23. The van der Waals surface area contributed by atoms with Gasteiger partial charge in [0.1, 0.15) is 17.2 Å². The average Bonchev–Trinajstić information content (AvgIpc) is 2.62. The van der Waals surface area contributed by atoms with Crippen LogP contribution in [0.1, 0.15) is 11.1 Å². The van der Waals surface area contributed by atoms with E-state index >= 15 is 0 Å². The second kappa shape index (κ2) is 7.73. The zero-order valence-electron chi connectivity index (χ0n) is 14.4. The first-order chi connectivity index (χ1) is 13.2. The van der Waals surface area contributed by atoms with Gasteiger partial charge in [-0.15, -0.1) is 0 Å². The highest BCUT2D eigenvalue weighted by Gasteiger charge is 2.48. The number of rotatable bonds is 5. The Bertz CT molecular complexity index is 922. The molecule has 1 aliphatic rings. The summed E-state index contributed by atoms with van der Waals surface area (Å²) in [5.41, 5.74) is 0.109. The molecule has 2 aromatic carbocycles. The molecule has 2 aromatic rings. The van der Waals surface area contributed by atoms with E-state index in [9.17, 15) is 18.0 Å². The minimum Gasteiger partial charge on any atom is -0.478 e. The van der Waals surface area contributed by atoms with Crippen LogP contribution in [0.2, 0.25) is 5.02 Å². The summed E-state index contributed by atoms with van der Waals surface area (Å²) in [5.74, 6) is -1.41. The second-order valence-corrected chi connectivity index (χ2v) is 6.35. The zero-order chi connectivity index (χ0) is 20.5. The van der Waals surface area contributed by atoms with E-state index in [1.165, 1.54) is 12.1 Å². The van der Waals surface area contributed by atoms with Gasteiger partial charge in [0.25, 0.3) is 0 Å². The van der Waals surface area contributed by atoms with Gasteiger partial charge in [-0.2, -0.15) is 13.2 Å². The van der Waals surface area contributed by atoms with Gasteiger partial charge in [-0.1, -0.05) is 23.7 Å². The summed E-state index contributed by atoms with van der Waals surface area (Å²) in [6, 6.07) is 9.35. The van der Waals surface area contributed by atoms with Crippen molar-refractivity contribution in [2.75, 3.05) is 7.11 Å². The van der Waals surface area contributed by atoms with E-state index in [0.29, 0.717) is 12.4 Å². The van der Waals surface area contributed by atoms with E-state index < -0.39 is 23.8 Å². The van der Waals surface area contributed by atoms with Crippen LogP contribution in [0.4, 0.5) is 13.2 Å². The van der Waals surface area contributed by atoms with E-state index in [1.807, 2.05) is 0 Å². The third-order valence-corrected chi connectivity index (χ3v) is 4.20. The molecule has 148 valence electrons.